The number of rotatable bonds is 9. The third-order valence-electron chi connectivity index (χ3n) is 4.70. The predicted octanol–water partition coefficient (Wildman–Crippen LogP) is 3.76. The summed E-state index contributed by atoms with van der Waals surface area (Å²) < 4.78 is 10.1. The Hall–Kier alpha value is -2.35. The Morgan fingerprint density at radius 3 is 2.62 bits per heavy atom. The van der Waals surface area contributed by atoms with E-state index in [2.05, 4.69) is 27.9 Å². The van der Waals surface area contributed by atoms with Gasteiger partial charge in [-0.3, -0.25) is 19.6 Å². The summed E-state index contributed by atoms with van der Waals surface area (Å²) in [7, 11) is 0. The number of hydrogen-bond acceptors (Lipinski definition) is 8. The molecule has 2 aliphatic rings. The lowest BCUT2D eigenvalue weighted by atomic mass is 10.0. The molecule has 7 nitrogen and oxygen atoms in total. The number of hydrogen-bond donors (Lipinski definition) is 0. The van der Waals surface area contributed by atoms with E-state index in [0.29, 0.717) is 0 Å². The van der Waals surface area contributed by atoms with Gasteiger partial charge >= 0.3 is 11.9 Å². The average Bonchev–Trinajstić information content (AvgIpc) is 3.28. The molecule has 0 saturated carbocycles. The minimum absolute atomic E-state index is 0.192. The largest absolute Gasteiger partial charge is 0.465 e. The smallest absolute Gasteiger partial charge is 0.325 e. The number of fused-ring (bicyclic) bond motifs is 3. The first-order chi connectivity index (χ1) is 14.1. The van der Waals surface area contributed by atoms with Crippen LogP contribution in [-0.2, 0) is 25.5 Å². The number of aryl methyl sites for hydroxylation is 1. The maximum absolute atomic E-state index is 12.2. The molecule has 1 aromatic carbocycles. The molecule has 0 saturated heterocycles. The summed E-state index contributed by atoms with van der Waals surface area (Å²) in [5.74, 6) is -2.45. The number of anilines is 1. The topological polar surface area (TPSA) is 80.6 Å². The molecule has 0 fully saturated rings. The Balaban J connectivity index is 1.92. The van der Waals surface area contributed by atoms with Gasteiger partial charge in [0, 0.05) is 17.7 Å². The van der Waals surface area contributed by atoms with Crippen molar-refractivity contribution in [3.8, 4) is 0 Å². The van der Waals surface area contributed by atoms with Crippen LogP contribution in [-0.4, -0.2) is 49.6 Å². The molecule has 0 unspecified atom stereocenters. The number of aliphatic imine (C=N–C) groups is 2. The van der Waals surface area contributed by atoms with Crippen molar-refractivity contribution in [1.29, 1.82) is 0 Å². The molecule has 0 aliphatic carbocycles. The average molecular weight is 418 g/mol. The number of carbonyl (C=O) groups excluding carboxylic acids is 2. The number of benzene rings is 1. The van der Waals surface area contributed by atoms with Crippen LogP contribution in [0.2, 0.25) is 0 Å². The zero-order valence-corrected chi connectivity index (χ0v) is 18.0. The second-order valence-electron chi connectivity index (χ2n) is 6.73. The molecule has 0 amide bonds. The Kier molecular flexibility index (Phi) is 7.30. The Morgan fingerprint density at radius 2 is 1.97 bits per heavy atom. The molecule has 156 valence electrons. The van der Waals surface area contributed by atoms with Gasteiger partial charge in [-0.25, -0.2) is 0 Å². The van der Waals surface area contributed by atoms with E-state index in [1.165, 1.54) is 11.1 Å². The second-order valence-corrected chi connectivity index (χ2v) is 7.74. The first-order valence-electron chi connectivity index (χ1n) is 10.1. The Bertz CT molecular complexity index is 819. The molecule has 2 heterocycles. The molecule has 0 bridgehead atoms. The van der Waals surface area contributed by atoms with Gasteiger partial charge < -0.3 is 14.4 Å². The predicted molar refractivity (Wildman–Crippen MR) is 115 cm³/mol. The van der Waals surface area contributed by atoms with Crippen LogP contribution in [0.5, 0.6) is 0 Å². The minimum Gasteiger partial charge on any atom is -0.465 e. The van der Waals surface area contributed by atoms with Crippen molar-refractivity contribution in [1.82, 2.24) is 0 Å². The highest BCUT2D eigenvalue weighted by Crippen LogP contribution is 2.45. The van der Waals surface area contributed by atoms with Crippen molar-refractivity contribution in [2.75, 3.05) is 31.2 Å². The maximum atomic E-state index is 12.2. The van der Waals surface area contributed by atoms with Crippen LogP contribution < -0.4 is 4.90 Å². The highest BCUT2D eigenvalue weighted by Gasteiger charge is 2.31. The maximum Gasteiger partial charge on any atom is 0.325 e. The highest BCUT2D eigenvalue weighted by atomic mass is 32.2. The van der Waals surface area contributed by atoms with Crippen LogP contribution >= 0.6 is 11.8 Å². The van der Waals surface area contributed by atoms with Crippen LogP contribution in [0.4, 0.5) is 11.4 Å². The molecule has 0 radical (unpaired) electrons. The van der Waals surface area contributed by atoms with E-state index in [9.17, 15) is 9.59 Å². The monoisotopic (exact) mass is 417 g/mol. The van der Waals surface area contributed by atoms with Gasteiger partial charge in [-0.2, -0.15) is 0 Å². The van der Waals surface area contributed by atoms with Gasteiger partial charge in [0.15, 0.2) is 11.1 Å². The van der Waals surface area contributed by atoms with Crippen LogP contribution in [0.1, 0.15) is 39.2 Å². The Morgan fingerprint density at radius 1 is 1.24 bits per heavy atom. The van der Waals surface area contributed by atoms with Crippen molar-refractivity contribution in [2.24, 2.45) is 15.9 Å². The number of carbonyl (C=O) groups is 2. The van der Waals surface area contributed by atoms with Crippen LogP contribution in [0.3, 0.4) is 0 Å². The van der Waals surface area contributed by atoms with Gasteiger partial charge in [-0.15, -0.1) is 0 Å². The van der Waals surface area contributed by atoms with Crippen LogP contribution in [0.25, 0.3) is 0 Å². The third-order valence-corrected chi connectivity index (χ3v) is 5.78. The van der Waals surface area contributed by atoms with Crippen molar-refractivity contribution < 1.29 is 19.1 Å². The lowest BCUT2D eigenvalue weighted by Crippen LogP contribution is -2.29. The standard InChI is InChI=1S/C21H27N3O4S/c1-4-7-8-14-11-18-17(24-10-9-22-21(24)29-18)12-16(14)23-13-15(19(25)27-5-2)20(26)28-6-3/h11-13,15H,4-10H2,1-3H3. The fraction of sp³-hybridized carbons (Fsp3) is 0.524. The second kappa shape index (κ2) is 9.91. The molecular weight excluding hydrogens is 390 g/mol. The number of amidine groups is 1. The van der Waals surface area contributed by atoms with E-state index in [4.69, 9.17) is 9.47 Å². The lowest BCUT2D eigenvalue weighted by Gasteiger charge is -2.15. The summed E-state index contributed by atoms with van der Waals surface area (Å²) in [4.78, 5) is 36.9. The van der Waals surface area contributed by atoms with E-state index in [1.54, 1.807) is 25.6 Å². The van der Waals surface area contributed by atoms with Gasteiger partial charge in [0.1, 0.15) is 0 Å². The number of esters is 2. The van der Waals surface area contributed by atoms with Gasteiger partial charge in [-0.05, 0) is 56.1 Å². The SMILES string of the molecule is CCCCc1cc2c(cc1N=CC(C(=O)OCC)C(=O)OCC)N1CCN=C1S2. The van der Waals surface area contributed by atoms with Crippen LogP contribution in [0, 0.1) is 5.92 Å². The summed E-state index contributed by atoms with van der Waals surface area (Å²) in [5, 5.41) is 1.03. The van der Waals surface area contributed by atoms with Gasteiger partial charge in [0.2, 0.25) is 0 Å². The normalized spacial score (nSPS) is 14.9. The fourth-order valence-corrected chi connectivity index (χ4v) is 4.38. The van der Waals surface area contributed by atoms with Crippen molar-refractivity contribution in [3.05, 3.63) is 17.7 Å². The summed E-state index contributed by atoms with van der Waals surface area (Å²) in [6.45, 7) is 7.59. The summed E-state index contributed by atoms with van der Waals surface area (Å²) in [6, 6.07) is 4.19. The molecule has 8 heteroatoms. The van der Waals surface area contributed by atoms with Gasteiger partial charge in [0.05, 0.1) is 31.1 Å². The molecule has 0 spiro atoms. The van der Waals surface area contributed by atoms with E-state index in [0.717, 1.165) is 54.5 Å². The van der Waals surface area contributed by atoms with Gasteiger partial charge in [0.25, 0.3) is 0 Å². The van der Waals surface area contributed by atoms with Crippen molar-refractivity contribution in [3.63, 3.8) is 0 Å². The molecule has 29 heavy (non-hydrogen) atoms. The molecule has 0 aromatic heterocycles. The summed E-state index contributed by atoms with van der Waals surface area (Å²) >= 11 is 1.69. The zero-order chi connectivity index (χ0) is 20.8. The number of unbranched alkanes of at least 4 members (excludes halogenated alkanes) is 1. The molecule has 3 rings (SSSR count). The van der Waals surface area contributed by atoms with E-state index in [1.807, 2.05) is 6.07 Å². The lowest BCUT2D eigenvalue weighted by molar-refractivity contribution is -0.157. The zero-order valence-electron chi connectivity index (χ0n) is 17.1. The summed E-state index contributed by atoms with van der Waals surface area (Å²) in [6.07, 6.45) is 4.34. The number of ether oxygens (including phenoxy) is 2. The third kappa shape index (κ3) is 4.80. The molecule has 2 aliphatic heterocycles. The van der Waals surface area contributed by atoms with E-state index in [-0.39, 0.29) is 13.2 Å². The summed E-state index contributed by atoms with van der Waals surface area (Å²) in [5.41, 5.74) is 2.95. The van der Waals surface area contributed by atoms with Crippen molar-refractivity contribution in [2.45, 2.75) is 44.9 Å². The van der Waals surface area contributed by atoms with Gasteiger partial charge in [-0.1, -0.05) is 13.3 Å². The van der Waals surface area contributed by atoms with Crippen molar-refractivity contribution >= 4 is 46.5 Å². The fourth-order valence-electron chi connectivity index (χ4n) is 3.25. The molecular formula is C21H27N3O4S. The first kappa shape index (κ1) is 21.4. The molecule has 0 N–H and O–H groups in total. The molecule has 0 atom stereocenters. The highest BCUT2D eigenvalue weighted by molar-refractivity contribution is 8.14. The van der Waals surface area contributed by atoms with E-state index >= 15 is 0 Å². The van der Waals surface area contributed by atoms with Crippen LogP contribution in [0.15, 0.2) is 27.0 Å². The Labute approximate surface area is 175 Å². The minimum atomic E-state index is -1.17. The quantitative estimate of drug-likeness (QED) is 0.346. The first-order valence-corrected chi connectivity index (χ1v) is 10.9. The molecule has 1 aromatic rings. The number of thioether (sulfide) groups is 1. The van der Waals surface area contributed by atoms with E-state index < -0.39 is 17.9 Å². The number of nitrogens with zero attached hydrogens (tertiary/aromatic N) is 3.